The molecular formula is C17H26FN4O2+. The average molecular weight is 337 g/mol. The van der Waals surface area contributed by atoms with E-state index in [0.29, 0.717) is 11.4 Å². The van der Waals surface area contributed by atoms with Crippen LogP contribution in [-0.4, -0.2) is 51.2 Å². The predicted octanol–water partition coefficient (Wildman–Crippen LogP) is 1.45. The molecule has 7 heteroatoms. The molecule has 0 bridgehead atoms. The summed E-state index contributed by atoms with van der Waals surface area (Å²) in [5.74, 6) is -0.486. The molecular weight excluding hydrogens is 311 g/mol. The summed E-state index contributed by atoms with van der Waals surface area (Å²) in [7, 11) is 2.13. The van der Waals surface area contributed by atoms with Crippen LogP contribution in [0.5, 0.6) is 0 Å². The molecule has 0 aliphatic carbocycles. The van der Waals surface area contributed by atoms with Crippen LogP contribution in [0.1, 0.15) is 25.7 Å². The van der Waals surface area contributed by atoms with Gasteiger partial charge in [-0.3, -0.25) is 10.1 Å². The van der Waals surface area contributed by atoms with Crippen LogP contribution in [0.15, 0.2) is 12.1 Å². The van der Waals surface area contributed by atoms with Crippen LogP contribution in [-0.2, 0) is 0 Å². The summed E-state index contributed by atoms with van der Waals surface area (Å²) in [6.45, 7) is 5.07. The van der Waals surface area contributed by atoms with Crippen LogP contribution in [0.3, 0.4) is 0 Å². The third-order valence-electron chi connectivity index (χ3n) is 5.15. The normalized spacial score (nSPS) is 20.1. The van der Waals surface area contributed by atoms with Crippen molar-refractivity contribution in [3.8, 4) is 0 Å². The molecule has 2 heterocycles. The second-order valence-electron chi connectivity index (χ2n) is 6.89. The van der Waals surface area contributed by atoms with Gasteiger partial charge in [-0.15, -0.1) is 0 Å². The summed E-state index contributed by atoms with van der Waals surface area (Å²) in [5, 5.41) is 11.4. The van der Waals surface area contributed by atoms with Gasteiger partial charge in [-0.25, -0.2) is 4.39 Å². The number of nitro groups is 1. The van der Waals surface area contributed by atoms with E-state index in [-0.39, 0.29) is 5.69 Å². The van der Waals surface area contributed by atoms with Crippen molar-refractivity contribution < 1.29 is 14.2 Å². The van der Waals surface area contributed by atoms with E-state index in [1.165, 1.54) is 4.90 Å². The van der Waals surface area contributed by atoms with Crippen LogP contribution in [0.25, 0.3) is 0 Å². The number of hydrogen-bond acceptors (Lipinski definition) is 4. The molecule has 0 unspecified atom stereocenters. The number of anilines is 2. The number of nitro benzene ring substituents is 1. The highest BCUT2D eigenvalue weighted by Gasteiger charge is 2.27. The molecule has 3 rings (SSSR count). The quantitative estimate of drug-likeness (QED) is 0.670. The van der Waals surface area contributed by atoms with Crippen molar-refractivity contribution in [2.45, 2.75) is 25.7 Å². The Balaban J connectivity index is 1.95. The zero-order valence-corrected chi connectivity index (χ0v) is 14.3. The summed E-state index contributed by atoms with van der Waals surface area (Å²) < 4.78 is 14.5. The van der Waals surface area contributed by atoms with Crippen LogP contribution >= 0.6 is 0 Å². The van der Waals surface area contributed by atoms with Crippen LogP contribution in [0.2, 0.25) is 0 Å². The van der Waals surface area contributed by atoms with Crippen LogP contribution in [0.4, 0.5) is 21.5 Å². The number of nitrogens with zero attached hydrogens (tertiary/aromatic N) is 3. The van der Waals surface area contributed by atoms with Gasteiger partial charge >= 0.3 is 0 Å². The molecule has 1 N–H and O–H groups in total. The van der Waals surface area contributed by atoms with E-state index in [2.05, 4.69) is 11.9 Å². The van der Waals surface area contributed by atoms with E-state index in [1.54, 1.807) is 6.07 Å². The van der Waals surface area contributed by atoms with Gasteiger partial charge in [-0.05, 0) is 18.9 Å². The number of nitrogens with one attached hydrogen (secondary N) is 1. The van der Waals surface area contributed by atoms with Crippen molar-refractivity contribution >= 4 is 17.1 Å². The minimum absolute atomic E-state index is 0.113. The van der Waals surface area contributed by atoms with Crippen LogP contribution < -0.4 is 14.7 Å². The Morgan fingerprint density at radius 3 is 2.17 bits per heavy atom. The van der Waals surface area contributed by atoms with E-state index in [9.17, 15) is 14.5 Å². The maximum Gasteiger partial charge on any atom is 0.295 e. The number of hydrogen-bond donors (Lipinski definition) is 1. The van der Waals surface area contributed by atoms with Crippen LogP contribution in [0, 0.1) is 15.9 Å². The van der Waals surface area contributed by atoms with Crippen molar-refractivity contribution in [3.63, 3.8) is 0 Å². The smallest absolute Gasteiger partial charge is 0.295 e. The molecule has 0 amide bonds. The zero-order chi connectivity index (χ0) is 17.1. The molecule has 2 fully saturated rings. The van der Waals surface area contributed by atoms with Gasteiger partial charge in [-0.2, -0.15) is 0 Å². The lowest BCUT2D eigenvalue weighted by Gasteiger charge is -2.33. The maximum absolute atomic E-state index is 14.5. The number of rotatable bonds is 3. The first-order chi connectivity index (χ1) is 11.6. The van der Waals surface area contributed by atoms with E-state index in [4.69, 9.17) is 0 Å². The van der Waals surface area contributed by atoms with Crippen molar-refractivity contribution in [1.82, 2.24) is 0 Å². The zero-order valence-electron chi connectivity index (χ0n) is 14.3. The molecule has 1 aromatic carbocycles. The Bertz CT molecular complexity index is 594. The minimum Gasteiger partial charge on any atom is -0.366 e. The van der Waals surface area contributed by atoms with Gasteiger partial charge in [0.25, 0.3) is 5.69 Å². The lowest BCUT2D eigenvalue weighted by molar-refractivity contribution is -0.880. The number of likely N-dealkylation sites (N-methyl/N-ethyl adjacent to an activating group) is 1. The molecule has 2 aliphatic rings. The van der Waals surface area contributed by atoms with E-state index < -0.39 is 10.7 Å². The van der Waals surface area contributed by atoms with Crippen molar-refractivity contribution in [1.29, 1.82) is 0 Å². The van der Waals surface area contributed by atoms with Gasteiger partial charge in [0, 0.05) is 13.1 Å². The summed E-state index contributed by atoms with van der Waals surface area (Å²) in [4.78, 5) is 16.5. The Hall–Kier alpha value is -1.89. The van der Waals surface area contributed by atoms with E-state index in [0.717, 1.165) is 71.0 Å². The summed E-state index contributed by atoms with van der Waals surface area (Å²) in [6, 6.07) is 2.82. The van der Waals surface area contributed by atoms with E-state index >= 15 is 0 Å². The average Bonchev–Trinajstić information content (AvgIpc) is 2.84. The Kier molecular flexibility index (Phi) is 5.18. The lowest BCUT2D eigenvalue weighted by atomic mass is 10.1. The summed E-state index contributed by atoms with van der Waals surface area (Å²) in [5.41, 5.74) is 0.967. The predicted molar refractivity (Wildman–Crippen MR) is 92.6 cm³/mol. The monoisotopic (exact) mass is 337 g/mol. The summed E-state index contributed by atoms with van der Waals surface area (Å²) >= 11 is 0. The number of quaternary nitrogens is 1. The Labute approximate surface area is 142 Å². The number of halogens is 1. The van der Waals surface area contributed by atoms with Gasteiger partial charge < -0.3 is 14.7 Å². The van der Waals surface area contributed by atoms with Gasteiger partial charge in [0.15, 0.2) is 5.82 Å². The highest BCUT2D eigenvalue weighted by Crippen LogP contribution is 2.36. The topological polar surface area (TPSA) is 54.1 Å². The fraction of sp³-hybridized carbons (Fsp3) is 0.647. The van der Waals surface area contributed by atoms with Crippen molar-refractivity contribution in [3.05, 3.63) is 28.1 Å². The second-order valence-corrected chi connectivity index (χ2v) is 6.89. The molecule has 2 aliphatic heterocycles. The molecule has 0 radical (unpaired) electrons. The SMILES string of the molecule is C[NH+]1CCN(c2cc(N3CCCCCC3)c([N+](=O)[O-])cc2F)CC1. The lowest BCUT2D eigenvalue weighted by Crippen LogP contribution is -3.12. The van der Waals surface area contributed by atoms with E-state index in [1.807, 2.05) is 4.90 Å². The maximum atomic E-state index is 14.5. The second kappa shape index (κ2) is 7.34. The Morgan fingerprint density at radius 2 is 1.58 bits per heavy atom. The molecule has 1 aromatic rings. The largest absolute Gasteiger partial charge is 0.366 e. The molecule has 0 spiro atoms. The number of piperazine rings is 1. The highest BCUT2D eigenvalue weighted by molar-refractivity contribution is 5.71. The fourth-order valence-corrected chi connectivity index (χ4v) is 3.62. The molecule has 0 saturated carbocycles. The van der Waals surface area contributed by atoms with Gasteiger partial charge in [0.1, 0.15) is 5.69 Å². The fourth-order valence-electron chi connectivity index (χ4n) is 3.62. The first-order valence-corrected chi connectivity index (χ1v) is 8.85. The molecule has 0 atom stereocenters. The molecule has 2 saturated heterocycles. The molecule has 24 heavy (non-hydrogen) atoms. The third kappa shape index (κ3) is 3.61. The van der Waals surface area contributed by atoms with Gasteiger partial charge in [-0.1, -0.05) is 12.8 Å². The standard InChI is InChI=1S/C17H25FN4O2/c1-19-8-10-21(11-9-19)15-13-16(17(22(23)24)12-14(15)18)20-6-4-2-3-5-7-20/h12-13H,2-11H2,1H3/p+1. The first-order valence-electron chi connectivity index (χ1n) is 8.85. The summed E-state index contributed by atoms with van der Waals surface area (Å²) in [6.07, 6.45) is 4.36. The van der Waals surface area contributed by atoms with Gasteiger partial charge in [0.2, 0.25) is 0 Å². The van der Waals surface area contributed by atoms with Gasteiger partial charge in [0.05, 0.1) is 49.9 Å². The van der Waals surface area contributed by atoms with Crippen molar-refractivity contribution in [2.24, 2.45) is 0 Å². The molecule has 0 aromatic heterocycles. The number of benzene rings is 1. The molecule has 132 valence electrons. The first kappa shape index (κ1) is 17.0. The van der Waals surface area contributed by atoms with Crippen molar-refractivity contribution in [2.75, 3.05) is 56.1 Å². The third-order valence-corrected chi connectivity index (χ3v) is 5.15. The molecule has 6 nitrogen and oxygen atoms in total. The highest BCUT2D eigenvalue weighted by atomic mass is 19.1. The Morgan fingerprint density at radius 1 is 1.00 bits per heavy atom. The minimum atomic E-state index is -0.486.